The molecule has 0 saturated carbocycles. The maximum Gasteiger partial charge on any atom is 0.288 e. The van der Waals surface area contributed by atoms with Crippen LogP contribution in [0.1, 0.15) is 16.7 Å². The quantitative estimate of drug-likeness (QED) is 0.398. The highest BCUT2D eigenvalue weighted by molar-refractivity contribution is 9.25. The molecule has 1 aliphatic carbocycles. The maximum absolute atomic E-state index is 4.08. The number of allylic oxidation sites excluding steroid dienone is 4. The molecule has 0 fully saturated rings. The molecule has 2 atom stereocenters. The molecular formula is C25H18B2Br2. The van der Waals surface area contributed by atoms with Crippen LogP contribution >= 0.6 is 31.5 Å². The van der Waals surface area contributed by atoms with Gasteiger partial charge in [0.15, 0.2) is 0 Å². The smallest absolute Gasteiger partial charge is 0.149 e. The highest BCUT2D eigenvalue weighted by Crippen LogP contribution is 2.55. The van der Waals surface area contributed by atoms with Crippen molar-refractivity contribution in [2.24, 2.45) is 5.92 Å². The van der Waals surface area contributed by atoms with Crippen LogP contribution in [-0.2, 0) is 5.41 Å². The van der Waals surface area contributed by atoms with Crippen LogP contribution in [0.15, 0.2) is 97.1 Å². The summed E-state index contributed by atoms with van der Waals surface area (Å²) in [5.74, 6) is 0.761. The lowest BCUT2D eigenvalue weighted by molar-refractivity contribution is 0.443. The summed E-state index contributed by atoms with van der Waals surface area (Å²) in [4.78, 5) is 0. The molecule has 0 N–H and O–H groups in total. The SMILES string of the molecule is BrB1c2ccccc2C2(c3ccccc31)c1ccccc1B(Br)C1C=CC=CC12. The van der Waals surface area contributed by atoms with Crippen molar-refractivity contribution in [1.29, 1.82) is 0 Å². The molecule has 0 nitrogen and oxygen atoms in total. The van der Waals surface area contributed by atoms with Crippen molar-refractivity contribution in [3.63, 3.8) is 0 Å². The van der Waals surface area contributed by atoms with Gasteiger partial charge in [-0.25, -0.2) is 0 Å². The molecule has 2 heterocycles. The normalized spacial score (nSPS) is 22.7. The van der Waals surface area contributed by atoms with E-state index in [2.05, 4.69) is 129 Å². The first-order chi connectivity index (χ1) is 14.2. The van der Waals surface area contributed by atoms with Gasteiger partial charge in [-0.3, -0.25) is 0 Å². The number of benzene rings is 3. The van der Waals surface area contributed by atoms with E-state index >= 15 is 0 Å². The van der Waals surface area contributed by atoms with E-state index in [1.165, 1.54) is 33.1 Å². The summed E-state index contributed by atoms with van der Waals surface area (Å²) in [5, 5.41) is 0. The minimum Gasteiger partial charge on any atom is -0.149 e. The number of hydrogen-bond acceptors (Lipinski definition) is 0. The summed E-state index contributed by atoms with van der Waals surface area (Å²) >= 11 is 8.11. The molecule has 3 aromatic carbocycles. The summed E-state index contributed by atoms with van der Waals surface area (Å²) in [6, 6.07) is 27.1. The summed E-state index contributed by atoms with van der Waals surface area (Å²) in [7, 11) is 0. The lowest BCUT2D eigenvalue weighted by Crippen LogP contribution is -2.61. The Labute approximate surface area is 189 Å². The first kappa shape index (κ1) is 18.0. The van der Waals surface area contributed by atoms with E-state index in [-0.39, 0.29) is 11.0 Å². The van der Waals surface area contributed by atoms with Crippen LogP contribution in [0, 0.1) is 5.92 Å². The Morgan fingerprint density at radius 3 is 1.72 bits per heavy atom. The fourth-order valence-corrected chi connectivity index (χ4v) is 7.64. The van der Waals surface area contributed by atoms with Crippen molar-refractivity contribution >= 4 is 59.0 Å². The van der Waals surface area contributed by atoms with Crippen molar-refractivity contribution in [3.05, 3.63) is 114 Å². The molecule has 3 aromatic rings. The van der Waals surface area contributed by atoms with Gasteiger partial charge in [0.05, 0.1) is 0 Å². The first-order valence-electron chi connectivity index (χ1n) is 10.2. The fraction of sp³-hybridized carbons (Fsp3) is 0.120. The van der Waals surface area contributed by atoms with Crippen molar-refractivity contribution in [3.8, 4) is 0 Å². The van der Waals surface area contributed by atoms with Gasteiger partial charge in [-0.05, 0) is 28.4 Å². The Morgan fingerprint density at radius 2 is 1.10 bits per heavy atom. The summed E-state index contributed by atoms with van der Waals surface area (Å²) < 4.78 is 0. The molecule has 29 heavy (non-hydrogen) atoms. The van der Waals surface area contributed by atoms with Crippen LogP contribution < -0.4 is 16.4 Å². The van der Waals surface area contributed by atoms with Gasteiger partial charge in [0, 0.05) is 5.41 Å². The Kier molecular flexibility index (Phi) is 4.12. The van der Waals surface area contributed by atoms with Gasteiger partial charge in [-0.2, -0.15) is 0 Å². The van der Waals surface area contributed by atoms with Crippen LogP contribution in [0.25, 0.3) is 0 Å². The molecule has 2 unspecified atom stereocenters. The van der Waals surface area contributed by atoms with E-state index in [0.29, 0.717) is 17.3 Å². The molecule has 1 spiro atoms. The van der Waals surface area contributed by atoms with Crippen LogP contribution in [0.2, 0.25) is 5.82 Å². The molecule has 2 aliphatic heterocycles. The molecule has 0 saturated heterocycles. The molecule has 0 amide bonds. The van der Waals surface area contributed by atoms with E-state index < -0.39 is 0 Å². The second-order valence-electron chi connectivity index (χ2n) is 8.21. The average molecular weight is 500 g/mol. The van der Waals surface area contributed by atoms with E-state index in [0.717, 1.165) is 0 Å². The van der Waals surface area contributed by atoms with Gasteiger partial charge in [0.25, 0.3) is 11.1 Å². The fourth-order valence-electron chi connectivity index (χ4n) is 5.94. The minimum atomic E-state index is -0.190. The summed E-state index contributed by atoms with van der Waals surface area (Å²) in [5.41, 5.74) is 8.82. The molecular weight excluding hydrogens is 482 g/mol. The lowest BCUT2D eigenvalue weighted by atomic mass is 9.36. The van der Waals surface area contributed by atoms with Crippen molar-refractivity contribution in [2.75, 3.05) is 0 Å². The standard InChI is InChI=1S/C25H18B2Br2/c28-26-21-13-5-1-9-17(21)25(18-10-2-6-14-22(18)26)19-11-3-7-15-23(19)27(29)24-16-8-4-12-20(24)25/h1-17,21H. The topological polar surface area (TPSA) is 0 Å². The molecule has 138 valence electrons. The van der Waals surface area contributed by atoms with Gasteiger partial charge in [-0.1, -0.05) is 113 Å². The molecule has 4 heteroatoms. The minimum absolute atomic E-state index is 0.190. The molecule has 0 radical (unpaired) electrons. The Morgan fingerprint density at radius 1 is 0.621 bits per heavy atom. The zero-order valence-electron chi connectivity index (χ0n) is 15.8. The van der Waals surface area contributed by atoms with Crippen LogP contribution in [0.3, 0.4) is 0 Å². The largest absolute Gasteiger partial charge is 0.288 e. The van der Waals surface area contributed by atoms with Crippen LogP contribution in [0.4, 0.5) is 0 Å². The van der Waals surface area contributed by atoms with Crippen LogP contribution in [-0.4, -0.2) is 11.1 Å². The number of halogens is 2. The number of hydrogen-bond donors (Lipinski definition) is 0. The Balaban J connectivity index is 1.81. The monoisotopic (exact) mass is 498 g/mol. The lowest BCUT2D eigenvalue weighted by Gasteiger charge is -2.53. The molecule has 0 bridgehead atoms. The van der Waals surface area contributed by atoms with Crippen molar-refractivity contribution in [1.82, 2.24) is 0 Å². The third-order valence-corrected chi connectivity index (χ3v) is 9.11. The zero-order chi connectivity index (χ0) is 19.6. The first-order valence-corrected chi connectivity index (χ1v) is 12.0. The predicted molar refractivity (Wildman–Crippen MR) is 133 cm³/mol. The second kappa shape index (κ2) is 6.62. The van der Waals surface area contributed by atoms with Gasteiger partial charge in [-0.15, -0.1) is 31.5 Å². The third-order valence-electron chi connectivity index (χ3n) is 7.02. The molecule has 6 rings (SSSR count). The Hall–Kier alpha value is -1.77. The van der Waals surface area contributed by atoms with E-state index in [1.54, 1.807) is 0 Å². The Bertz CT molecular complexity index is 1140. The highest BCUT2D eigenvalue weighted by atomic mass is 79.9. The highest BCUT2D eigenvalue weighted by Gasteiger charge is 2.56. The van der Waals surface area contributed by atoms with E-state index in [1.807, 2.05) is 0 Å². The van der Waals surface area contributed by atoms with Crippen LogP contribution in [0.5, 0.6) is 0 Å². The number of rotatable bonds is 0. The van der Waals surface area contributed by atoms with Gasteiger partial charge >= 0.3 is 0 Å². The van der Waals surface area contributed by atoms with Gasteiger partial charge in [0.1, 0.15) is 0 Å². The van der Waals surface area contributed by atoms with E-state index in [4.69, 9.17) is 0 Å². The van der Waals surface area contributed by atoms with Crippen molar-refractivity contribution < 1.29 is 0 Å². The van der Waals surface area contributed by atoms with Gasteiger partial charge < -0.3 is 0 Å². The summed E-state index contributed by atoms with van der Waals surface area (Å²) in [6.45, 7) is 0. The zero-order valence-corrected chi connectivity index (χ0v) is 19.0. The maximum atomic E-state index is 4.08. The van der Waals surface area contributed by atoms with Crippen molar-refractivity contribution in [2.45, 2.75) is 11.2 Å². The molecule has 3 aliphatic rings. The predicted octanol–water partition coefficient (Wildman–Crippen LogP) is 4.55. The molecule has 0 aromatic heterocycles. The average Bonchev–Trinajstić information content (AvgIpc) is 2.79. The van der Waals surface area contributed by atoms with E-state index in [9.17, 15) is 0 Å². The third kappa shape index (κ3) is 2.28. The number of fused-ring (bicyclic) bond motifs is 8. The van der Waals surface area contributed by atoms with Gasteiger partial charge in [0.2, 0.25) is 0 Å². The second-order valence-corrected chi connectivity index (χ2v) is 10.1. The summed E-state index contributed by atoms with van der Waals surface area (Å²) in [6.07, 6.45) is 9.29.